The highest BCUT2D eigenvalue weighted by atomic mass is 35.5. The minimum Gasteiger partial charge on any atom is -0.478 e. The molecule has 1 amide bonds. The van der Waals surface area contributed by atoms with Gasteiger partial charge in [-0.1, -0.05) is 29.8 Å². The van der Waals surface area contributed by atoms with Crippen LogP contribution in [0, 0.1) is 25.2 Å². The monoisotopic (exact) mass is 420 g/mol. The quantitative estimate of drug-likeness (QED) is 0.421. The van der Waals surface area contributed by atoms with Crippen LogP contribution in [0.25, 0.3) is 17.4 Å². The normalized spacial score (nSPS) is 11.1. The number of nitrogens with one attached hydrogen (secondary N) is 1. The van der Waals surface area contributed by atoms with Crippen molar-refractivity contribution >= 4 is 35.2 Å². The average molecular weight is 421 g/mol. The third kappa shape index (κ3) is 4.43. The first-order valence-electron chi connectivity index (χ1n) is 8.92. The summed E-state index contributed by atoms with van der Waals surface area (Å²) in [7, 11) is 0. The van der Waals surface area contributed by atoms with Crippen molar-refractivity contribution in [2.24, 2.45) is 0 Å². The maximum absolute atomic E-state index is 12.4. The molecule has 0 spiro atoms. The molecule has 0 aliphatic carbocycles. The van der Waals surface area contributed by atoms with Crippen LogP contribution in [0.4, 0.5) is 5.69 Å². The molecule has 3 rings (SSSR count). The molecule has 0 bridgehead atoms. The van der Waals surface area contributed by atoms with Gasteiger partial charge in [-0.3, -0.25) is 4.79 Å². The van der Waals surface area contributed by atoms with Gasteiger partial charge in [0.15, 0.2) is 0 Å². The average Bonchev–Trinajstić information content (AvgIpc) is 3.17. The Morgan fingerprint density at radius 2 is 1.93 bits per heavy atom. The number of aromatic carboxylic acids is 1. The SMILES string of the molecule is Cc1ccc(NC(=O)/C(C#N)=C\c2ccc(-c3cccc(C(=O)O)c3C)o2)cc1Cl. The van der Waals surface area contributed by atoms with E-state index in [0.29, 0.717) is 33.4 Å². The molecule has 0 saturated heterocycles. The first-order chi connectivity index (χ1) is 14.3. The molecule has 0 radical (unpaired) electrons. The first-order valence-corrected chi connectivity index (χ1v) is 9.30. The molecule has 2 aromatic carbocycles. The lowest BCUT2D eigenvalue weighted by atomic mass is 10.0. The number of carbonyl (C=O) groups is 2. The van der Waals surface area contributed by atoms with Gasteiger partial charge in [0.25, 0.3) is 5.91 Å². The van der Waals surface area contributed by atoms with E-state index in [1.807, 2.05) is 13.0 Å². The van der Waals surface area contributed by atoms with Gasteiger partial charge < -0.3 is 14.8 Å². The van der Waals surface area contributed by atoms with Gasteiger partial charge in [0.2, 0.25) is 0 Å². The highest BCUT2D eigenvalue weighted by molar-refractivity contribution is 6.31. The Kier molecular flexibility index (Phi) is 6.05. The van der Waals surface area contributed by atoms with Crippen molar-refractivity contribution in [1.29, 1.82) is 5.26 Å². The molecule has 3 aromatic rings. The van der Waals surface area contributed by atoms with E-state index in [9.17, 15) is 20.0 Å². The van der Waals surface area contributed by atoms with E-state index in [1.165, 1.54) is 12.1 Å². The Labute approximate surface area is 178 Å². The standard InChI is InChI=1S/C23H17ClN2O4/c1-13-6-7-16(11-20(13)24)26-22(27)15(12-25)10-17-8-9-21(30-17)18-4-3-5-19(14(18)2)23(28)29/h3-11H,1-2H3,(H,26,27)(H,28,29)/b15-10-. The van der Waals surface area contributed by atoms with Crippen LogP contribution in [-0.4, -0.2) is 17.0 Å². The van der Waals surface area contributed by atoms with Crippen molar-refractivity contribution < 1.29 is 19.1 Å². The lowest BCUT2D eigenvalue weighted by Crippen LogP contribution is -2.13. The van der Waals surface area contributed by atoms with E-state index in [2.05, 4.69) is 5.32 Å². The van der Waals surface area contributed by atoms with Crippen molar-refractivity contribution in [2.75, 3.05) is 5.32 Å². The fourth-order valence-corrected chi connectivity index (χ4v) is 3.05. The Bertz CT molecular complexity index is 1220. The number of nitriles is 1. The zero-order valence-electron chi connectivity index (χ0n) is 16.2. The number of amides is 1. The molecule has 0 unspecified atom stereocenters. The molecular weight excluding hydrogens is 404 g/mol. The summed E-state index contributed by atoms with van der Waals surface area (Å²) in [4.78, 5) is 23.8. The number of carboxylic acid groups (broad SMARTS) is 1. The van der Waals surface area contributed by atoms with Gasteiger partial charge in [0.1, 0.15) is 23.2 Å². The Morgan fingerprint density at radius 1 is 1.17 bits per heavy atom. The molecule has 1 heterocycles. The second kappa shape index (κ2) is 8.68. The van der Waals surface area contributed by atoms with E-state index in [1.54, 1.807) is 49.4 Å². The number of carbonyl (C=O) groups excluding carboxylic acids is 1. The molecule has 1 aromatic heterocycles. The van der Waals surface area contributed by atoms with E-state index in [0.717, 1.165) is 5.56 Å². The lowest BCUT2D eigenvalue weighted by molar-refractivity contribution is -0.112. The van der Waals surface area contributed by atoms with Gasteiger partial charge >= 0.3 is 5.97 Å². The van der Waals surface area contributed by atoms with Crippen molar-refractivity contribution in [1.82, 2.24) is 0 Å². The van der Waals surface area contributed by atoms with Crippen molar-refractivity contribution in [3.05, 3.63) is 81.6 Å². The second-order valence-electron chi connectivity index (χ2n) is 6.57. The smallest absolute Gasteiger partial charge is 0.335 e. The summed E-state index contributed by atoms with van der Waals surface area (Å²) in [5.41, 5.74) is 2.55. The van der Waals surface area contributed by atoms with Crippen LogP contribution in [0.5, 0.6) is 0 Å². The highest BCUT2D eigenvalue weighted by Crippen LogP contribution is 2.28. The highest BCUT2D eigenvalue weighted by Gasteiger charge is 2.15. The summed E-state index contributed by atoms with van der Waals surface area (Å²) in [6.07, 6.45) is 1.32. The molecule has 6 nitrogen and oxygen atoms in total. The second-order valence-corrected chi connectivity index (χ2v) is 6.98. The summed E-state index contributed by atoms with van der Waals surface area (Å²) in [5, 5.41) is 21.8. The van der Waals surface area contributed by atoms with Crippen molar-refractivity contribution in [3.8, 4) is 17.4 Å². The molecule has 150 valence electrons. The number of hydrogen-bond donors (Lipinski definition) is 2. The Morgan fingerprint density at radius 3 is 2.60 bits per heavy atom. The largest absolute Gasteiger partial charge is 0.478 e. The minimum absolute atomic E-state index is 0.149. The Balaban J connectivity index is 1.86. The third-order valence-corrected chi connectivity index (χ3v) is 4.95. The number of hydrogen-bond acceptors (Lipinski definition) is 4. The molecule has 30 heavy (non-hydrogen) atoms. The number of nitrogens with zero attached hydrogens (tertiary/aromatic N) is 1. The van der Waals surface area contributed by atoms with Crippen LogP contribution in [0.2, 0.25) is 5.02 Å². The molecule has 7 heteroatoms. The zero-order valence-corrected chi connectivity index (χ0v) is 16.9. The molecule has 0 aliphatic rings. The van der Waals surface area contributed by atoms with E-state index in [4.69, 9.17) is 16.0 Å². The topological polar surface area (TPSA) is 103 Å². The first kappa shape index (κ1) is 20.9. The predicted octanol–water partition coefficient (Wildman–Crippen LogP) is 5.46. The summed E-state index contributed by atoms with van der Waals surface area (Å²) in [5.74, 6) is -0.899. The van der Waals surface area contributed by atoms with E-state index >= 15 is 0 Å². The van der Waals surface area contributed by atoms with Crippen LogP contribution >= 0.6 is 11.6 Å². The van der Waals surface area contributed by atoms with Gasteiger partial charge in [0.05, 0.1) is 5.56 Å². The molecule has 0 saturated carbocycles. The van der Waals surface area contributed by atoms with Gasteiger partial charge in [-0.25, -0.2) is 4.79 Å². The van der Waals surface area contributed by atoms with Crippen LogP contribution in [-0.2, 0) is 4.79 Å². The number of aryl methyl sites for hydroxylation is 1. The number of benzene rings is 2. The number of carboxylic acids is 1. The summed E-state index contributed by atoms with van der Waals surface area (Å²) in [6.45, 7) is 3.54. The predicted molar refractivity (Wildman–Crippen MR) is 114 cm³/mol. The lowest BCUT2D eigenvalue weighted by Gasteiger charge is -2.06. The number of rotatable bonds is 5. The minimum atomic E-state index is -1.03. The van der Waals surface area contributed by atoms with Gasteiger partial charge in [0, 0.05) is 22.3 Å². The van der Waals surface area contributed by atoms with Gasteiger partial charge in [-0.15, -0.1) is 0 Å². The maximum Gasteiger partial charge on any atom is 0.335 e. The number of halogens is 1. The summed E-state index contributed by atoms with van der Waals surface area (Å²) in [6, 6.07) is 15.1. The van der Waals surface area contributed by atoms with Gasteiger partial charge in [-0.2, -0.15) is 5.26 Å². The van der Waals surface area contributed by atoms with E-state index in [-0.39, 0.29) is 11.1 Å². The molecular formula is C23H17ClN2O4. The maximum atomic E-state index is 12.4. The fraction of sp³-hybridized carbons (Fsp3) is 0.0870. The van der Waals surface area contributed by atoms with Crippen molar-refractivity contribution in [3.63, 3.8) is 0 Å². The molecule has 0 atom stereocenters. The number of anilines is 1. The van der Waals surface area contributed by atoms with Crippen LogP contribution < -0.4 is 5.32 Å². The van der Waals surface area contributed by atoms with E-state index < -0.39 is 11.9 Å². The van der Waals surface area contributed by atoms with Crippen LogP contribution in [0.1, 0.15) is 27.2 Å². The molecule has 2 N–H and O–H groups in total. The Hall–Kier alpha value is -3.82. The zero-order chi connectivity index (χ0) is 21.8. The van der Waals surface area contributed by atoms with Gasteiger partial charge in [-0.05, 0) is 55.3 Å². The van der Waals surface area contributed by atoms with Crippen molar-refractivity contribution in [2.45, 2.75) is 13.8 Å². The van der Waals surface area contributed by atoms with Crippen LogP contribution in [0.3, 0.4) is 0 Å². The third-order valence-electron chi connectivity index (χ3n) is 4.54. The fourth-order valence-electron chi connectivity index (χ4n) is 2.87. The summed E-state index contributed by atoms with van der Waals surface area (Å²) < 4.78 is 5.73. The number of furan rings is 1. The van der Waals surface area contributed by atoms with Crippen LogP contribution in [0.15, 0.2) is 58.5 Å². The summed E-state index contributed by atoms with van der Waals surface area (Å²) >= 11 is 6.06. The molecule has 0 fully saturated rings. The molecule has 0 aliphatic heterocycles.